The highest BCUT2D eigenvalue weighted by atomic mass is 19.4. The quantitative estimate of drug-likeness (QED) is 0.639. The third kappa shape index (κ3) is 4.29. The number of hydrogen-bond donors (Lipinski definition) is 0. The highest BCUT2D eigenvalue weighted by molar-refractivity contribution is 5.94. The van der Waals surface area contributed by atoms with Crippen LogP contribution in [0.2, 0.25) is 0 Å². The summed E-state index contributed by atoms with van der Waals surface area (Å²) in [7, 11) is 0. The van der Waals surface area contributed by atoms with Crippen LogP contribution in [0.3, 0.4) is 0 Å². The van der Waals surface area contributed by atoms with E-state index < -0.39 is 35.0 Å². The van der Waals surface area contributed by atoms with Crippen LogP contribution in [0.15, 0.2) is 22.6 Å². The van der Waals surface area contributed by atoms with Crippen molar-refractivity contribution in [1.82, 2.24) is 15.1 Å². The zero-order chi connectivity index (χ0) is 21.7. The first kappa shape index (κ1) is 20.7. The second-order valence-electron chi connectivity index (χ2n) is 7.61. The zero-order valence-corrected chi connectivity index (χ0v) is 15.6. The van der Waals surface area contributed by atoms with Gasteiger partial charge in [0, 0.05) is 30.5 Å². The van der Waals surface area contributed by atoms with Crippen molar-refractivity contribution in [2.24, 2.45) is 0 Å². The lowest BCUT2D eigenvalue weighted by Crippen LogP contribution is -2.38. The molecule has 1 saturated heterocycles. The van der Waals surface area contributed by atoms with Crippen LogP contribution >= 0.6 is 0 Å². The van der Waals surface area contributed by atoms with Gasteiger partial charge in [-0.25, -0.2) is 0 Å². The molecule has 5 nitrogen and oxygen atoms in total. The fourth-order valence-electron chi connectivity index (χ4n) is 3.50. The van der Waals surface area contributed by atoms with Gasteiger partial charge in [-0.2, -0.15) is 26.3 Å². The Morgan fingerprint density at radius 2 is 1.30 bits per heavy atom. The Kier molecular flexibility index (Phi) is 5.01. The fourth-order valence-corrected chi connectivity index (χ4v) is 3.50. The lowest BCUT2D eigenvalue weighted by atomic mass is 9.96. The van der Waals surface area contributed by atoms with Crippen LogP contribution in [0.4, 0.5) is 26.3 Å². The van der Waals surface area contributed by atoms with Gasteiger partial charge in [0.1, 0.15) is 0 Å². The molecule has 0 atom stereocenters. The maximum Gasteiger partial charge on any atom is 0.416 e. The maximum absolute atomic E-state index is 13.0. The van der Waals surface area contributed by atoms with Gasteiger partial charge in [-0.3, -0.25) is 4.79 Å². The third-order valence-electron chi connectivity index (χ3n) is 5.35. The summed E-state index contributed by atoms with van der Waals surface area (Å²) in [5.41, 5.74) is -3.65. The Morgan fingerprint density at radius 3 is 1.73 bits per heavy atom. The lowest BCUT2D eigenvalue weighted by molar-refractivity contribution is -0.143. The molecule has 2 fully saturated rings. The van der Waals surface area contributed by atoms with Gasteiger partial charge >= 0.3 is 12.4 Å². The van der Waals surface area contributed by atoms with E-state index >= 15 is 0 Å². The molecule has 0 N–H and O–H groups in total. The summed E-state index contributed by atoms with van der Waals surface area (Å²) in [5.74, 6) is 0.391. The minimum absolute atomic E-state index is 0.00996. The molecule has 1 aromatic carbocycles. The van der Waals surface area contributed by atoms with Gasteiger partial charge in [-0.05, 0) is 43.9 Å². The number of nitrogens with zero attached hydrogens (tertiary/aromatic N) is 3. The number of likely N-dealkylation sites (tertiary alicyclic amines) is 1. The Labute approximate surface area is 167 Å². The molecule has 0 bridgehead atoms. The van der Waals surface area contributed by atoms with Crippen LogP contribution in [0, 0.1) is 0 Å². The minimum atomic E-state index is -5.00. The molecule has 11 heteroatoms. The number of hydrogen-bond acceptors (Lipinski definition) is 4. The van der Waals surface area contributed by atoms with Gasteiger partial charge in [0.15, 0.2) is 0 Å². The molecule has 0 spiro atoms. The molecule has 1 saturated carbocycles. The molecule has 162 valence electrons. The van der Waals surface area contributed by atoms with Gasteiger partial charge < -0.3 is 9.32 Å². The minimum Gasteiger partial charge on any atom is -0.425 e. The molecular formula is C19H17F6N3O2. The molecule has 2 aromatic rings. The highest BCUT2D eigenvalue weighted by Gasteiger charge is 2.38. The number of aromatic nitrogens is 2. The molecule has 2 aliphatic rings. The number of halogens is 6. The van der Waals surface area contributed by atoms with E-state index in [4.69, 9.17) is 4.42 Å². The zero-order valence-electron chi connectivity index (χ0n) is 15.6. The summed E-state index contributed by atoms with van der Waals surface area (Å²) in [6, 6.07) is 0.934. The molecule has 30 heavy (non-hydrogen) atoms. The van der Waals surface area contributed by atoms with Crippen molar-refractivity contribution in [3.05, 3.63) is 46.7 Å². The van der Waals surface area contributed by atoms with Gasteiger partial charge in [-0.1, -0.05) is 0 Å². The average molecular weight is 433 g/mol. The van der Waals surface area contributed by atoms with Crippen LogP contribution in [-0.4, -0.2) is 34.1 Å². The van der Waals surface area contributed by atoms with Crippen LogP contribution in [0.5, 0.6) is 0 Å². The molecule has 1 aromatic heterocycles. The molecule has 0 radical (unpaired) electrons. The van der Waals surface area contributed by atoms with E-state index in [1.807, 2.05) is 0 Å². The highest BCUT2D eigenvalue weighted by Crippen LogP contribution is 2.40. The summed E-state index contributed by atoms with van der Waals surface area (Å²) in [5, 5.41) is 8.05. The Balaban J connectivity index is 1.49. The average Bonchev–Trinajstić information content (AvgIpc) is 3.42. The van der Waals surface area contributed by atoms with Gasteiger partial charge in [0.25, 0.3) is 5.91 Å². The molecule has 1 amide bonds. The number of rotatable bonds is 3. The predicted octanol–water partition coefficient (Wildman–Crippen LogP) is 5.00. The van der Waals surface area contributed by atoms with Crippen LogP contribution in [0.25, 0.3) is 0 Å². The molecule has 1 aliphatic heterocycles. The summed E-state index contributed by atoms with van der Waals surface area (Å²) in [4.78, 5) is 13.9. The topological polar surface area (TPSA) is 59.2 Å². The number of piperidine rings is 1. The summed E-state index contributed by atoms with van der Waals surface area (Å²) in [6.07, 6.45) is -7.12. The van der Waals surface area contributed by atoms with Crippen LogP contribution in [-0.2, 0) is 12.4 Å². The monoisotopic (exact) mass is 433 g/mol. The first-order valence-electron chi connectivity index (χ1n) is 9.44. The number of alkyl halides is 6. The standard InChI is InChI=1S/C19H17F6N3O2/c20-18(21,22)13-7-12(8-14(9-13)19(23,24)25)17(29)28-5-3-11(4-6-28)16-27-26-15(30-16)10-1-2-10/h7-11H,1-6H2. The number of benzene rings is 1. The Morgan fingerprint density at radius 1 is 0.833 bits per heavy atom. The second-order valence-corrected chi connectivity index (χ2v) is 7.61. The first-order valence-corrected chi connectivity index (χ1v) is 9.44. The molecular weight excluding hydrogens is 416 g/mol. The van der Waals surface area contributed by atoms with E-state index in [2.05, 4.69) is 10.2 Å². The van der Waals surface area contributed by atoms with Crippen molar-refractivity contribution in [3.63, 3.8) is 0 Å². The largest absolute Gasteiger partial charge is 0.425 e. The smallest absolute Gasteiger partial charge is 0.416 e. The normalized spacial score (nSPS) is 18.7. The van der Waals surface area contributed by atoms with Crippen molar-refractivity contribution in [2.45, 2.75) is 49.9 Å². The van der Waals surface area contributed by atoms with E-state index in [0.717, 1.165) is 12.8 Å². The van der Waals surface area contributed by atoms with Crippen molar-refractivity contribution < 1.29 is 35.6 Å². The van der Waals surface area contributed by atoms with Crippen molar-refractivity contribution in [3.8, 4) is 0 Å². The van der Waals surface area contributed by atoms with E-state index in [1.54, 1.807) is 0 Å². The SMILES string of the molecule is O=C(c1cc(C(F)(F)F)cc(C(F)(F)F)c1)N1CCC(c2nnc(C3CC3)o2)CC1. The van der Waals surface area contributed by atoms with Crippen LogP contribution in [0.1, 0.15) is 70.8 Å². The van der Waals surface area contributed by atoms with Gasteiger partial charge in [0.05, 0.1) is 11.1 Å². The first-order chi connectivity index (χ1) is 14.0. The maximum atomic E-state index is 13.0. The van der Waals surface area contributed by atoms with Gasteiger partial charge in [-0.15, -0.1) is 10.2 Å². The number of carbonyl (C=O) groups excluding carboxylic acids is 1. The van der Waals surface area contributed by atoms with E-state index in [1.165, 1.54) is 4.90 Å². The van der Waals surface area contributed by atoms with E-state index in [9.17, 15) is 31.1 Å². The van der Waals surface area contributed by atoms with Crippen molar-refractivity contribution in [2.75, 3.05) is 13.1 Å². The lowest BCUT2D eigenvalue weighted by Gasteiger charge is -2.30. The fraction of sp³-hybridized carbons (Fsp3) is 0.526. The second kappa shape index (κ2) is 7.28. The van der Waals surface area contributed by atoms with Crippen molar-refractivity contribution >= 4 is 5.91 Å². The molecule has 1 aliphatic carbocycles. The summed E-state index contributed by atoms with van der Waals surface area (Å²) in [6.45, 7) is 0.338. The van der Waals surface area contributed by atoms with Gasteiger partial charge in [0.2, 0.25) is 11.8 Å². The third-order valence-corrected chi connectivity index (χ3v) is 5.35. The summed E-state index contributed by atoms with van der Waals surface area (Å²) >= 11 is 0. The van der Waals surface area contributed by atoms with E-state index in [-0.39, 0.29) is 25.1 Å². The van der Waals surface area contributed by atoms with E-state index in [0.29, 0.717) is 42.7 Å². The molecule has 2 heterocycles. The number of carbonyl (C=O) groups is 1. The molecule has 4 rings (SSSR count). The summed E-state index contributed by atoms with van der Waals surface area (Å²) < 4.78 is 83.8. The Bertz CT molecular complexity index is 908. The van der Waals surface area contributed by atoms with Crippen LogP contribution < -0.4 is 0 Å². The van der Waals surface area contributed by atoms with Crippen molar-refractivity contribution in [1.29, 1.82) is 0 Å². The molecule has 0 unspecified atom stereocenters. The number of amides is 1. The Hall–Kier alpha value is -2.59. The predicted molar refractivity (Wildman–Crippen MR) is 90.6 cm³/mol.